The van der Waals surface area contributed by atoms with Gasteiger partial charge in [-0.1, -0.05) is 55.2 Å². The van der Waals surface area contributed by atoms with Crippen molar-refractivity contribution >= 4 is 41.8 Å². The highest BCUT2D eigenvalue weighted by Gasteiger charge is 2.29. The molecule has 144 valence electrons. The van der Waals surface area contributed by atoms with Crippen LogP contribution in [0.15, 0.2) is 42.5 Å². The molecule has 3 rings (SSSR count). The highest BCUT2D eigenvalue weighted by Crippen LogP contribution is 2.40. The van der Waals surface area contributed by atoms with E-state index in [1.807, 2.05) is 37.3 Å². The number of halogens is 1. The van der Waals surface area contributed by atoms with Gasteiger partial charge in [-0.2, -0.15) is 0 Å². The van der Waals surface area contributed by atoms with Crippen LogP contribution >= 0.6 is 11.6 Å². The number of carbonyl (C=O) groups excluding carboxylic acids is 1. The maximum absolute atomic E-state index is 12.8. The van der Waals surface area contributed by atoms with Crippen molar-refractivity contribution in [2.75, 3.05) is 7.11 Å². The number of aromatic nitrogens is 1. The lowest BCUT2D eigenvalue weighted by Crippen LogP contribution is -2.19. The lowest BCUT2D eigenvalue weighted by atomic mass is 9.82. The second kappa shape index (κ2) is 8.36. The number of benzene rings is 2. The summed E-state index contributed by atoms with van der Waals surface area (Å²) in [6, 6.07) is 14.0. The lowest BCUT2D eigenvalue weighted by molar-refractivity contribution is -0.142. The molecule has 1 aromatic heterocycles. The molecule has 0 N–H and O–H groups in total. The van der Waals surface area contributed by atoms with Crippen molar-refractivity contribution < 1.29 is 9.53 Å². The van der Waals surface area contributed by atoms with E-state index in [-0.39, 0.29) is 11.9 Å². The fraction of sp³-hybridized carbons (Fsp3) is 0.304. The Hall–Kier alpha value is -2.33. The van der Waals surface area contributed by atoms with Crippen molar-refractivity contribution in [2.45, 2.75) is 33.1 Å². The topological polar surface area (TPSA) is 39.2 Å². The quantitative estimate of drug-likeness (QED) is 0.475. The number of rotatable bonds is 5. The summed E-state index contributed by atoms with van der Waals surface area (Å²) in [6.07, 6.45) is 0.701. The van der Waals surface area contributed by atoms with Crippen LogP contribution in [-0.2, 0) is 9.53 Å². The molecular weight excluding hydrogens is 369 g/mol. The molecule has 0 aliphatic heterocycles. The van der Waals surface area contributed by atoms with E-state index in [9.17, 15) is 4.79 Å². The zero-order valence-corrected chi connectivity index (χ0v) is 17.8. The van der Waals surface area contributed by atoms with Crippen LogP contribution in [0.3, 0.4) is 0 Å². The standard InChI is InChI=1S/C23H25BClNO2/c1-13(2)11-19(23(27)28-4)21-14(3)26-20-10-7-16(24)12-18(20)22(21)15-5-8-17(25)9-6-15/h5-10,12-13,19H,11,24H2,1-4H3. The highest BCUT2D eigenvalue weighted by atomic mass is 35.5. The van der Waals surface area contributed by atoms with Crippen LogP contribution in [0.2, 0.25) is 5.02 Å². The third kappa shape index (κ3) is 4.07. The molecule has 0 saturated carbocycles. The van der Waals surface area contributed by atoms with E-state index in [1.165, 1.54) is 7.11 Å². The third-order valence-electron chi connectivity index (χ3n) is 5.04. The summed E-state index contributed by atoms with van der Waals surface area (Å²) in [7, 11) is 3.52. The molecule has 0 saturated heterocycles. The minimum absolute atomic E-state index is 0.221. The molecule has 0 spiro atoms. The summed E-state index contributed by atoms with van der Waals surface area (Å²) in [6.45, 7) is 6.21. The second-order valence-corrected chi connectivity index (χ2v) is 8.16. The number of hydrogen-bond donors (Lipinski definition) is 0. The van der Waals surface area contributed by atoms with Crippen molar-refractivity contribution in [3.63, 3.8) is 0 Å². The van der Waals surface area contributed by atoms with E-state index in [4.69, 9.17) is 21.3 Å². The molecule has 2 aromatic carbocycles. The Balaban J connectivity index is 2.40. The van der Waals surface area contributed by atoms with Crippen LogP contribution < -0.4 is 5.46 Å². The van der Waals surface area contributed by atoms with E-state index in [0.717, 1.165) is 38.8 Å². The van der Waals surface area contributed by atoms with Crippen LogP contribution in [0, 0.1) is 12.8 Å². The number of nitrogens with zero attached hydrogens (tertiary/aromatic N) is 1. The van der Waals surface area contributed by atoms with Crippen molar-refractivity contribution in [1.82, 2.24) is 4.98 Å². The Morgan fingerprint density at radius 1 is 1.18 bits per heavy atom. The molecule has 0 aliphatic rings. The van der Waals surface area contributed by atoms with Crippen molar-refractivity contribution in [2.24, 2.45) is 5.92 Å². The van der Waals surface area contributed by atoms with Gasteiger partial charge in [0.2, 0.25) is 0 Å². The normalized spacial score (nSPS) is 12.4. The number of fused-ring (bicyclic) bond motifs is 1. The largest absolute Gasteiger partial charge is 0.469 e. The summed E-state index contributed by atoms with van der Waals surface area (Å²) >= 11 is 6.13. The Morgan fingerprint density at radius 3 is 2.46 bits per heavy atom. The molecule has 1 heterocycles. The second-order valence-electron chi connectivity index (χ2n) is 7.72. The lowest BCUT2D eigenvalue weighted by Gasteiger charge is -2.24. The van der Waals surface area contributed by atoms with Crippen LogP contribution in [0.1, 0.15) is 37.4 Å². The number of methoxy groups -OCH3 is 1. The van der Waals surface area contributed by atoms with Crippen LogP contribution in [0.25, 0.3) is 22.0 Å². The van der Waals surface area contributed by atoms with Crippen molar-refractivity contribution in [3.8, 4) is 11.1 Å². The van der Waals surface area contributed by atoms with Gasteiger partial charge in [0.05, 0.1) is 18.5 Å². The van der Waals surface area contributed by atoms with Crippen LogP contribution in [0.5, 0.6) is 0 Å². The molecule has 5 heteroatoms. The molecular formula is C23H25BClNO2. The molecule has 0 aliphatic carbocycles. The predicted octanol–water partition coefficient (Wildman–Crippen LogP) is 4.42. The average molecular weight is 394 g/mol. The van der Waals surface area contributed by atoms with Gasteiger partial charge in [0.1, 0.15) is 7.85 Å². The number of hydrogen-bond acceptors (Lipinski definition) is 3. The van der Waals surface area contributed by atoms with Gasteiger partial charge in [0, 0.05) is 16.1 Å². The Morgan fingerprint density at radius 2 is 1.86 bits per heavy atom. The molecule has 1 atom stereocenters. The summed E-state index contributed by atoms with van der Waals surface area (Å²) in [5, 5.41) is 1.73. The van der Waals surface area contributed by atoms with Gasteiger partial charge in [-0.25, -0.2) is 0 Å². The van der Waals surface area contributed by atoms with E-state index >= 15 is 0 Å². The molecule has 0 amide bonds. The summed E-state index contributed by atoms with van der Waals surface area (Å²) < 4.78 is 5.18. The van der Waals surface area contributed by atoms with Crippen LogP contribution in [0.4, 0.5) is 0 Å². The summed E-state index contributed by atoms with van der Waals surface area (Å²) in [4.78, 5) is 17.6. The maximum atomic E-state index is 12.8. The summed E-state index contributed by atoms with van der Waals surface area (Å²) in [5.41, 5.74) is 5.94. The first-order chi connectivity index (χ1) is 13.3. The SMILES string of the molecule is Bc1ccc2nc(C)c(C(CC(C)C)C(=O)OC)c(-c3ccc(Cl)cc3)c2c1. The number of pyridine rings is 1. The Kier molecular flexibility index (Phi) is 6.09. The van der Waals surface area contributed by atoms with E-state index in [0.29, 0.717) is 17.4 Å². The molecule has 28 heavy (non-hydrogen) atoms. The first-order valence-electron chi connectivity index (χ1n) is 9.56. The van der Waals surface area contributed by atoms with Gasteiger partial charge in [0.25, 0.3) is 0 Å². The van der Waals surface area contributed by atoms with Crippen LogP contribution in [-0.4, -0.2) is 25.9 Å². The van der Waals surface area contributed by atoms with Gasteiger partial charge < -0.3 is 4.74 Å². The molecule has 0 bridgehead atoms. The van der Waals surface area contributed by atoms with Gasteiger partial charge in [-0.05, 0) is 54.2 Å². The van der Waals surface area contributed by atoms with Gasteiger partial charge in [0.15, 0.2) is 0 Å². The first kappa shape index (κ1) is 20.4. The fourth-order valence-corrected chi connectivity index (χ4v) is 3.94. The predicted molar refractivity (Wildman–Crippen MR) is 119 cm³/mol. The molecule has 0 radical (unpaired) electrons. The Labute approximate surface area is 172 Å². The van der Waals surface area contributed by atoms with E-state index in [1.54, 1.807) is 0 Å². The number of esters is 1. The minimum Gasteiger partial charge on any atom is -0.469 e. The number of aryl methyl sites for hydroxylation is 1. The zero-order chi connectivity index (χ0) is 20.4. The molecule has 3 aromatic rings. The number of carbonyl (C=O) groups is 1. The summed E-state index contributed by atoms with van der Waals surface area (Å²) in [5.74, 6) is -0.247. The van der Waals surface area contributed by atoms with Gasteiger partial charge in [-0.3, -0.25) is 9.78 Å². The van der Waals surface area contributed by atoms with E-state index in [2.05, 4.69) is 33.8 Å². The monoisotopic (exact) mass is 393 g/mol. The van der Waals surface area contributed by atoms with Gasteiger partial charge >= 0.3 is 5.97 Å². The third-order valence-corrected chi connectivity index (χ3v) is 5.29. The average Bonchev–Trinajstić information content (AvgIpc) is 2.66. The first-order valence-corrected chi connectivity index (χ1v) is 9.94. The molecule has 1 unspecified atom stereocenters. The van der Waals surface area contributed by atoms with E-state index < -0.39 is 0 Å². The number of ether oxygens (including phenoxy) is 1. The zero-order valence-electron chi connectivity index (χ0n) is 17.0. The van der Waals surface area contributed by atoms with Gasteiger partial charge in [-0.15, -0.1) is 0 Å². The molecule has 0 fully saturated rings. The Bertz CT molecular complexity index is 1020. The fourth-order valence-electron chi connectivity index (χ4n) is 3.81. The smallest absolute Gasteiger partial charge is 0.313 e. The minimum atomic E-state index is -0.368. The molecule has 3 nitrogen and oxygen atoms in total. The van der Waals surface area contributed by atoms with Crippen molar-refractivity contribution in [1.29, 1.82) is 0 Å². The van der Waals surface area contributed by atoms with Crippen molar-refractivity contribution in [3.05, 3.63) is 58.7 Å². The highest BCUT2D eigenvalue weighted by molar-refractivity contribution is 6.33. The maximum Gasteiger partial charge on any atom is 0.313 e.